The summed E-state index contributed by atoms with van der Waals surface area (Å²) in [7, 11) is 2.13. The number of rotatable bonds is 1. The molecular formula is C11H15N5. The minimum absolute atomic E-state index is 0.285. The molecule has 16 heavy (non-hydrogen) atoms. The van der Waals surface area contributed by atoms with Gasteiger partial charge in [-0.15, -0.1) is 0 Å². The minimum atomic E-state index is 0.285. The first kappa shape index (κ1) is 9.74. The molecule has 1 aliphatic rings. The maximum absolute atomic E-state index is 4.51. The summed E-state index contributed by atoms with van der Waals surface area (Å²) < 4.78 is 0. The van der Waals surface area contributed by atoms with E-state index in [4.69, 9.17) is 0 Å². The van der Waals surface area contributed by atoms with E-state index in [0.29, 0.717) is 0 Å². The smallest absolute Gasteiger partial charge is 0.177 e. The first-order valence-electron chi connectivity index (χ1n) is 5.55. The Morgan fingerprint density at radius 1 is 1.50 bits per heavy atom. The van der Waals surface area contributed by atoms with Gasteiger partial charge >= 0.3 is 0 Å². The van der Waals surface area contributed by atoms with Gasteiger partial charge in [0.1, 0.15) is 5.82 Å². The molecule has 2 N–H and O–H groups in total. The van der Waals surface area contributed by atoms with Crippen LogP contribution in [0.2, 0.25) is 0 Å². The number of pyridine rings is 1. The van der Waals surface area contributed by atoms with E-state index in [-0.39, 0.29) is 6.04 Å². The van der Waals surface area contributed by atoms with Gasteiger partial charge in [-0.05, 0) is 19.2 Å². The number of likely N-dealkylation sites (N-methyl/N-ethyl adjacent to an activating group) is 1. The number of hydrogen-bond donors (Lipinski definition) is 2. The molecule has 2 aromatic rings. The third-order valence-electron chi connectivity index (χ3n) is 2.98. The number of fused-ring (bicyclic) bond motifs is 1. The molecule has 0 aliphatic carbocycles. The molecule has 1 saturated heterocycles. The van der Waals surface area contributed by atoms with Gasteiger partial charge in [-0.2, -0.15) is 0 Å². The number of nitrogens with one attached hydrogen (secondary N) is 2. The Bertz CT molecular complexity index is 459. The van der Waals surface area contributed by atoms with Crippen molar-refractivity contribution < 1.29 is 0 Å². The van der Waals surface area contributed by atoms with Gasteiger partial charge in [-0.1, -0.05) is 0 Å². The molecule has 0 radical (unpaired) electrons. The zero-order valence-electron chi connectivity index (χ0n) is 9.27. The van der Waals surface area contributed by atoms with E-state index in [1.54, 1.807) is 6.20 Å². The second-order valence-electron chi connectivity index (χ2n) is 4.27. The normalized spacial score (nSPS) is 22.7. The van der Waals surface area contributed by atoms with Crippen LogP contribution in [0, 0.1) is 0 Å². The first-order valence-corrected chi connectivity index (χ1v) is 5.55. The first-order chi connectivity index (χ1) is 7.83. The van der Waals surface area contributed by atoms with E-state index in [1.165, 1.54) is 0 Å². The summed E-state index contributed by atoms with van der Waals surface area (Å²) in [5, 5.41) is 3.46. The van der Waals surface area contributed by atoms with Crippen molar-refractivity contribution in [2.45, 2.75) is 6.04 Å². The third-order valence-corrected chi connectivity index (χ3v) is 2.98. The molecule has 0 spiro atoms. The highest BCUT2D eigenvalue weighted by Gasteiger charge is 2.21. The van der Waals surface area contributed by atoms with Gasteiger partial charge in [-0.25, -0.2) is 9.97 Å². The summed E-state index contributed by atoms with van der Waals surface area (Å²) in [4.78, 5) is 14.4. The largest absolute Gasteiger partial charge is 0.339 e. The average molecular weight is 217 g/mol. The lowest BCUT2D eigenvalue weighted by molar-refractivity contribution is 0.236. The summed E-state index contributed by atoms with van der Waals surface area (Å²) in [6.07, 6.45) is 1.77. The van der Waals surface area contributed by atoms with Crippen LogP contribution in [-0.2, 0) is 0 Å². The van der Waals surface area contributed by atoms with Crippen LogP contribution >= 0.6 is 0 Å². The number of piperazine rings is 1. The molecule has 0 saturated carbocycles. The molecule has 3 rings (SSSR count). The topological polar surface area (TPSA) is 56.8 Å². The van der Waals surface area contributed by atoms with Crippen molar-refractivity contribution in [3.63, 3.8) is 0 Å². The highest BCUT2D eigenvalue weighted by molar-refractivity contribution is 5.70. The molecule has 0 aromatic carbocycles. The Balaban J connectivity index is 1.93. The van der Waals surface area contributed by atoms with Crippen LogP contribution in [0.3, 0.4) is 0 Å². The molecule has 84 valence electrons. The Hall–Kier alpha value is -1.46. The monoisotopic (exact) mass is 217 g/mol. The summed E-state index contributed by atoms with van der Waals surface area (Å²) in [5.41, 5.74) is 1.81. The standard InChI is InChI=1S/C11H15N5/c1-16-6-5-12-9(7-16)11-14-8-3-2-4-13-10(8)15-11/h2-4,9,12H,5-7H2,1H3,(H,13,14,15). The fourth-order valence-corrected chi connectivity index (χ4v) is 2.11. The number of aromatic amines is 1. The molecule has 1 atom stereocenters. The lowest BCUT2D eigenvalue weighted by Crippen LogP contribution is -2.44. The van der Waals surface area contributed by atoms with Gasteiger partial charge in [0.15, 0.2) is 5.65 Å². The molecule has 1 aliphatic heterocycles. The van der Waals surface area contributed by atoms with Crippen molar-refractivity contribution >= 4 is 11.2 Å². The molecule has 3 heterocycles. The molecule has 2 aromatic heterocycles. The van der Waals surface area contributed by atoms with Crippen LogP contribution < -0.4 is 5.32 Å². The Morgan fingerprint density at radius 3 is 3.25 bits per heavy atom. The number of aromatic nitrogens is 3. The van der Waals surface area contributed by atoms with E-state index >= 15 is 0 Å². The molecule has 5 heteroatoms. The summed E-state index contributed by atoms with van der Waals surface area (Å²) in [6, 6.07) is 4.21. The van der Waals surface area contributed by atoms with Crippen LogP contribution in [0.1, 0.15) is 11.9 Å². The van der Waals surface area contributed by atoms with Crippen LogP contribution in [0.5, 0.6) is 0 Å². The van der Waals surface area contributed by atoms with Crippen molar-refractivity contribution in [1.82, 2.24) is 25.2 Å². The molecule has 0 bridgehead atoms. The maximum atomic E-state index is 4.51. The number of imidazole rings is 1. The maximum Gasteiger partial charge on any atom is 0.177 e. The lowest BCUT2D eigenvalue weighted by atomic mass is 10.2. The number of hydrogen-bond acceptors (Lipinski definition) is 4. The molecule has 1 unspecified atom stereocenters. The molecular weight excluding hydrogens is 202 g/mol. The number of nitrogens with zero attached hydrogens (tertiary/aromatic N) is 3. The highest BCUT2D eigenvalue weighted by Crippen LogP contribution is 2.16. The molecule has 0 amide bonds. The van der Waals surface area contributed by atoms with Crippen molar-refractivity contribution in [3.05, 3.63) is 24.2 Å². The van der Waals surface area contributed by atoms with Gasteiger partial charge in [0.2, 0.25) is 0 Å². The minimum Gasteiger partial charge on any atom is -0.339 e. The zero-order valence-corrected chi connectivity index (χ0v) is 9.27. The molecule has 1 fully saturated rings. The van der Waals surface area contributed by atoms with E-state index < -0.39 is 0 Å². The summed E-state index contributed by atoms with van der Waals surface area (Å²) in [6.45, 7) is 3.08. The Kier molecular flexibility index (Phi) is 2.34. The fraction of sp³-hybridized carbons (Fsp3) is 0.455. The van der Waals surface area contributed by atoms with Gasteiger partial charge < -0.3 is 15.2 Å². The second kappa shape index (κ2) is 3.84. The third kappa shape index (κ3) is 1.68. The SMILES string of the molecule is CN1CCNC(c2nc3ncccc3[nH]2)C1. The van der Waals surface area contributed by atoms with Crippen LogP contribution in [0.25, 0.3) is 11.2 Å². The van der Waals surface area contributed by atoms with Gasteiger partial charge in [-0.3, -0.25) is 0 Å². The van der Waals surface area contributed by atoms with E-state index in [1.807, 2.05) is 12.1 Å². The Labute approximate surface area is 93.9 Å². The quantitative estimate of drug-likeness (QED) is 0.731. The Morgan fingerprint density at radius 2 is 2.44 bits per heavy atom. The molecule has 5 nitrogen and oxygen atoms in total. The number of H-pyrrole nitrogens is 1. The van der Waals surface area contributed by atoms with E-state index in [9.17, 15) is 0 Å². The predicted molar refractivity (Wildman–Crippen MR) is 62.1 cm³/mol. The van der Waals surface area contributed by atoms with Crippen molar-refractivity contribution in [2.75, 3.05) is 26.7 Å². The second-order valence-corrected chi connectivity index (χ2v) is 4.27. The van der Waals surface area contributed by atoms with Crippen LogP contribution in [0.4, 0.5) is 0 Å². The average Bonchev–Trinajstić information content (AvgIpc) is 2.72. The van der Waals surface area contributed by atoms with Crippen molar-refractivity contribution in [1.29, 1.82) is 0 Å². The predicted octanol–water partition coefficient (Wildman–Crippen LogP) is 0.534. The van der Waals surface area contributed by atoms with E-state index in [2.05, 4.69) is 32.2 Å². The van der Waals surface area contributed by atoms with Crippen molar-refractivity contribution in [2.24, 2.45) is 0 Å². The fourth-order valence-electron chi connectivity index (χ4n) is 2.11. The van der Waals surface area contributed by atoms with Gasteiger partial charge in [0.25, 0.3) is 0 Å². The van der Waals surface area contributed by atoms with E-state index in [0.717, 1.165) is 36.6 Å². The summed E-state index contributed by atoms with van der Waals surface area (Å²) in [5.74, 6) is 0.986. The summed E-state index contributed by atoms with van der Waals surface area (Å²) >= 11 is 0. The van der Waals surface area contributed by atoms with Crippen LogP contribution in [0.15, 0.2) is 18.3 Å². The zero-order chi connectivity index (χ0) is 11.0. The van der Waals surface area contributed by atoms with Gasteiger partial charge in [0, 0.05) is 25.8 Å². The van der Waals surface area contributed by atoms with Gasteiger partial charge in [0.05, 0.1) is 11.6 Å². The van der Waals surface area contributed by atoms with Crippen molar-refractivity contribution in [3.8, 4) is 0 Å². The highest BCUT2D eigenvalue weighted by atomic mass is 15.2. The lowest BCUT2D eigenvalue weighted by Gasteiger charge is -2.29. The van der Waals surface area contributed by atoms with Crippen LogP contribution in [-0.4, -0.2) is 46.5 Å².